The molecule has 0 amide bonds. The second-order valence-electron chi connectivity index (χ2n) is 5.62. The third-order valence-electron chi connectivity index (χ3n) is 4.36. The van der Waals surface area contributed by atoms with Crippen molar-refractivity contribution >= 4 is 0 Å². The van der Waals surface area contributed by atoms with Crippen molar-refractivity contribution in [2.24, 2.45) is 0 Å². The largest absolute Gasteiger partial charge is 0.317 e. The van der Waals surface area contributed by atoms with E-state index in [-0.39, 0.29) is 5.82 Å². The molecule has 0 saturated heterocycles. The first-order valence-corrected chi connectivity index (χ1v) is 7.26. The summed E-state index contributed by atoms with van der Waals surface area (Å²) in [5.74, 6) is 0.525. The van der Waals surface area contributed by atoms with Gasteiger partial charge in [-0.2, -0.15) is 0 Å². The molecule has 0 bridgehead atoms. The van der Waals surface area contributed by atoms with Gasteiger partial charge in [-0.3, -0.25) is 0 Å². The van der Waals surface area contributed by atoms with Gasteiger partial charge in [0, 0.05) is 6.04 Å². The molecule has 0 aliphatic heterocycles. The number of benzene rings is 2. The first kappa shape index (κ1) is 13.3. The summed E-state index contributed by atoms with van der Waals surface area (Å²) in [6.45, 7) is 0. The zero-order valence-corrected chi connectivity index (χ0v) is 11.8. The van der Waals surface area contributed by atoms with Crippen LogP contribution in [0, 0.1) is 5.82 Å². The van der Waals surface area contributed by atoms with Crippen molar-refractivity contribution in [2.75, 3.05) is 7.05 Å². The molecule has 3 rings (SSSR count). The maximum absolute atomic E-state index is 13.7. The molecular formula is C18H20FN. The van der Waals surface area contributed by atoms with Gasteiger partial charge >= 0.3 is 0 Å². The molecular weight excluding hydrogens is 249 g/mol. The molecule has 0 saturated carbocycles. The second-order valence-corrected chi connectivity index (χ2v) is 5.62. The van der Waals surface area contributed by atoms with Gasteiger partial charge < -0.3 is 5.32 Å². The summed E-state index contributed by atoms with van der Waals surface area (Å²) in [6.07, 6.45) is 2.98. The minimum atomic E-state index is -0.0956. The molecule has 2 aromatic rings. The topological polar surface area (TPSA) is 12.0 Å². The van der Waals surface area contributed by atoms with Gasteiger partial charge in [-0.15, -0.1) is 0 Å². The van der Waals surface area contributed by atoms with Crippen LogP contribution in [0.5, 0.6) is 0 Å². The van der Waals surface area contributed by atoms with E-state index in [0.717, 1.165) is 24.8 Å². The van der Waals surface area contributed by atoms with Crippen molar-refractivity contribution in [3.8, 4) is 0 Å². The van der Waals surface area contributed by atoms with E-state index in [4.69, 9.17) is 0 Å². The van der Waals surface area contributed by atoms with Crippen molar-refractivity contribution in [1.29, 1.82) is 0 Å². The van der Waals surface area contributed by atoms with Gasteiger partial charge in [0.15, 0.2) is 0 Å². The fourth-order valence-corrected chi connectivity index (χ4v) is 3.15. The van der Waals surface area contributed by atoms with Crippen LogP contribution >= 0.6 is 0 Å². The lowest BCUT2D eigenvalue weighted by Gasteiger charge is -2.33. The Morgan fingerprint density at radius 3 is 2.65 bits per heavy atom. The molecule has 0 aromatic heterocycles. The average Bonchev–Trinajstić information content (AvgIpc) is 2.45. The molecule has 2 aromatic carbocycles. The molecule has 0 heterocycles. The normalized spacial score (nSPS) is 18.2. The van der Waals surface area contributed by atoms with E-state index in [1.165, 1.54) is 11.1 Å². The number of halogens is 1. The summed E-state index contributed by atoms with van der Waals surface area (Å²) >= 11 is 0. The Morgan fingerprint density at radius 2 is 1.90 bits per heavy atom. The van der Waals surface area contributed by atoms with Crippen molar-refractivity contribution < 1.29 is 4.39 Å². The fourth-order valence-electron chi connectivity index (χ4n) is 3.15. The Kier molecular flexibility index (Phi) is 3.83. The van der Waals surface area contributed by atoms with Crippen LogP contribution in [0.2, 0.25) is 0 Å². The molecule has 2 unspecified atom stereocenters. The van der Waals surface area contributed by atoms with E-state index in [9.17, 15) is 4.39 Å². The first-order chi connectivity index (χ1) is 9.78. The number of rotatable bonds is 5. The zero-order chi connectivity index (χ0) is 13.9. The predicted octanol–water partition coefficient (Wildman–Crippen LogP) is 3.69. The van der Waals surface area contributed by atoms with Gasteiger partial charge in [0.2, 0.25) is 0 Å². The number of nitrogens with one attached hydrogen (secondary N) is 1. The quantitative estimate of drug-likeness (QED) is 0.873. The third kappa shape index (κ3) is 2.61. The van der Waals surface area contributed by atoms with E-state index >= 15 is 0 Å². The Bertz CT molecular complexity index is 593. The minimum Gasteiger partial charge on any atom is -0.317 e. The van der Waals surface area contributed by atoms with Gasteiger partial charge in [0.05, 0.1) is 0 Å². The van der Waals surface area contributed by atoms with Crippen molar-refractivity contribution in [3.63, 3.8) is 0 Å². The van der Waals surface area contributed by atoms with Crippen LogP contribution < -0.4 is 5.32 Å². The SMILES string of the molecule is CNC(Cc1ccccc1F)CC1Cc2ccccc21. The van der Waals surface area contributed by atoms with Crippen LogP contribution in [0.4, 0.5) is 4.39 Å². The average molecular weight is 269 g/mol. The Balaban J connectivity index is 1.66. The van der Waals surface area contributed by atoms with E-state index < -0.39 is 0 Å². The fraction of sp³-hybridized carbons (Fsp3) is 0.333. The van der Waals surface area contributed by atoms with Crippen LogP contribution in [0.3, 0.4) is 0 Å². The second kappa shape index (κ2) is 5.76. The molecule has 1 N–H and O–H groups in total. The van der Waals surface area contributed by atoms with Gasteiger partial charge in [0.1, 0.15) is 5.82 Å². The molecule has 0 fully saturated rings. The van der Waals surface area contributed by atoms with E-state index in [0.29, 0.717) is 12.0 Å². The Morgan fingerprint density at radius 1 is 1.15 bits per heavy atom. The Labute approximate surface area is 119 Å². The molecule has 2 heteroatoms. The van der Waals surface area contributed by atoms with Crippen LogP contribution in [0.1, 0.15) is 29.0 Å². The number of hydrogen-bond acceptors (Lipinski definition) is 1. The lowest BCUT2D eigenvalue weighted by Crippen LogP contribution is -2.32. The van der Waals surface area contributed by atoms with Crippen LogP contribution in [0.25, 0.3) is 0 Å². The van der Waals surface area contributed by atoms with Crippen LogP contribution in [0.15, 0.2) is 48.5 Å². The van der Waals surface area contributed by atoms with Crippen molar-refractivity contribution in [1.82, 2.24) is 5.32 Å². The first-order valence-electron chi connectivity index (χ1n) is 7.26. The van der Waals surface area contributed by atoms with Crippen molar-refractivity contribution in [3.05, 3.63) is 71.0 Å². The van der Waals surface area contributed by atoms with Gasteiger partial charge in [-0.05, 0) is 55.0 Å². The Hall–Kier alpha value is -1.67. The molecule has 2 atom stereocenters. The highest BCUT2D eigenvalue weighted by molar-refractivity contribution is 5.40. The highest BCUT2D eigenvalue weighted by Gasteiger charge is 2.27. The number of hydrogen-bond donors (Lipinski definition) is 1. The van der Waals surface area contributed by atoms with Crippen LogP contribution in [-0.2, 0) is 12.8 Å². The standard InChI is InChI=1S/C18H20FN/c1-20-16(11-14-7-3-5-9-18(14)19)12-15-10-13-6-2-4-8-17(13)15/h2-9,15-16,20H,10-12H2,1H3. The predicted molar refractivity (Wildman–Crippen MR) is 80.5 cm³/mol. The lowest BCUT2D eigenvalue weighted by atomic mass is 9.74. The van der Waals surface area contributed by atoms with Crippen molar-refractivity contribution in [2.45, 2.75) is 31.2 Å². The van der Waals surface area contributed by atoms with E-state index in [2.05, 4.69) is 29.6 Å². The molecule has 1 aliphatic rings. The molecule has 1 nitrogen and oxygen atoms in total. The van der Waals surface area contributed by atoms with E-state index in [1.54, 1.807) is 12.1 Å². The van der Waals surface area contributed by atoms with E-state index in [1.807, 2.05) is 19.2 Å². The molecule has 1 aliphatic carbocycles. The van der Waals surface area contributed by atoms with Gasteiger partial charge in [0.25, 0.3) is 0 Å². The summed E-state index contributed by atoms with van der Waals surface area (Å²) < 4.78 is 13.7. The third-order valence-corrected chi connectivity index (χ3v) is 4.36. The van der Waals surface area contributed by atoms with Gasteiger partial charge in [-0.1, -0.05) is 42.5 Å². The minimum absolute atomic E-state index is 0.0956. The number of fused-ring (bicyclic) bond motifs is 1. The zero-order valence-electron chi connectivity index (χ0n) is 11.8. The maximum Gasteiger partial charge on any atom is 0.126 e. The molecule has 0 radical (unpaired) electrons. The number of likely N-dealkylation sites (N-methyl/N-ethyl adjacent to an activating group) is 1. The smallest absolute Gasteiger partial charge is 0.126 e. The lowest BCUT2D eigenvalue weighted by molar-refractivity contribution is 0.433. The summed E-state index contributed by atoms with van der Waals surface area (Å²) in [5.41, 5.74) is 3.75. The molecule has 104 valence electrons. The van der Waals surface area contributed by atoms with Crippen LogP contribution in [-0.4, -0.2) is 13.1 Å². The maximum atomic E-state index is 13.7. The molecule has 20 heavy (non-hydrogen) atoms. The van der Waals surface area contributed by atoms with Gasteiger partial charge in [-0.25, -0.2) is 4.39 Å². The molecule has 0 spiro atoms. The highest BCUT2D eigenvalue weighted by Crippen LogP contribution is 2.38. The highest BCUT2D eigenvalue weighted by atomic mass is 19.1. The summed E-state index contributed by atoms with van der Waals surface area (Å²) in [7, 11) is 1.97. The summed E-state index contributed by atoms with van der Waals surface area (Å²) in [5, 5.41) is 3.34. The summed E-state index contributed by atoms with van der Waals surface area (Å²) in [6, 6.07) is 16.0. The monoisotopic (exact) mass is 269 g/mol. The summed E-state index contributed by atoms with van der Waals surface area (Å²) in [4.78, 5) is 0.